The summed E-state index contributed by atoms with van der Waals surface area (Å²) >= 11 is 0. The lowest BCUT2D eigenvalue weighted by Gasteiger charge is -2.42. The fourth-order valence-electron chi connectivity index (χ4n) is 2.13. The van der Waals surface area contributed by atoms with Crippen molar-refractivity contribution in [3.63, 3.8) is 0 Å². The van der Waals surface area contributed by atoms with Gasteiger partial charge in [0.05, 0.1) is 8.07 Å². The van der Waals surface area contributed by atoms with E-state index < -0.39 is 13.9 Å². The molecular weight excluding hydrogens is 244 g/mol. The molecule has 0 unspecified atom stereocenters. The van der Waals surface area contributed by atoms with Crippen LogP contribution < -0.4 is 0 Å². The Morgan fingerprint density at radius 3 is 2.39 bits per heavy atom. The van der Waals surface area contributed by atoms with Crippen molar-refractivity contribution < 1.29 is 14.3 Å². The third-order valence-corrected chi connectivity index (χ3v) is 6.88. The van der Waals surface area contributed by atoms with Crippen molar-refractivity contribution in [2.75, 3.05) is 6.61 Å². The first-order valence-electron chi connectivity index (χ1n) is 6.77. The molecule has 1 aliphatic heterocycles. The summed E-state index contributed by atoms with van der Waals surface area (Å²) in [6.45, 7) is 15.2. The van der Waals surface area contributed by atoms with Crippen LogP contribution in [0.1, 0.15) is 41.0 Å². The van der Waals surface area contributed by atoms with Gasteiger partial charge in [-0.05, 0) is 19.3 Å². The molecule has 0 aromatic rings. The Hall–Kier alpha value is -0.193. The number of Topliss-reactive ketones (excluding diaryl/α,β-unsaturated/α-hetero) is 1. The minimum absolute atomic E-state index is 0.125. The van der Waals surface area contributed by atoms with Crippen molar-refractivity contribution in [3.05, 3.63) is 0 Å². The molecule has 1 rings (SSSR count). The van der Waals surface area contributed by atoms with Crippen LogP contribution in [0.4, 0.5) is 0 Å². The molecule has 3 nitrogen and oxygen atoms in total. The van der Waals surface area contributed by atoms with E-state index in [2.05, 4.69) is 33.9 Å². The zero-order chi connectivity index (χ0) is 14.2. The summed E-state index contributed by atoms with van der Waals surface area (Å²) < 4.78 is 11.3. The van der Waals surface area contributed by atoms with Gasteiger partial charge in [-0.2, -0.15) is 0 Å². The van der Waals surface area contributed by atoms with Gasteiger partial charge in [0, 0.05) is 0 Å². The minimum Gasteiger partial charge on any atom is -0.343 e. The SMILES string of the molecule is CC(C)(C)CC[Si](C)(C)[C@@H]1OC(C)(C)OCC1=O. The summed E-state index contributed by atoms with van der Waals surface area (Å²) in [5, 5.41) is 0. The van der Waals surface area contributed by atoms with E-state index in [4.69, 9.17) is 9.47 Å². The molecule has 0 amide bonds. The molecule has 0 aliphatic carbocycles. The van der Waals surface area contributed by atoms with E-state index in [9.17, 15) is 4.79 Å². The van der Waals surface area contributed by atoms with Gasteiger partial charge in [0.1, 0.15) is 12.3 Å². The Morgan fingerprint density at radius 2 is 1.89 bits per heavy atom. The normalized spacial score (nSPS) is 25.3. The van der Waals surface area contributed by atoms with Crippen molar-refractivity contribution >= 4 is 13.9 Å². The zero-order valence-corrected chi connectivity index (χ0v) is 13.9. The Balaban J connectivity index is 2.73. The van der Waals surface area contributed by atoms with Crippen molar-refractivity contribution in [1.29, 1.82) is 0 Å². The second-order valence-corrected chi connectivity index (χ2v) is 12.7. The lowest BCUT2D eigenvalue weighted by Crippen LogP contribution is -2.57. The molecule has 1 saturated heterocycles. The number of hydrogen-bond acceptors (Lipinski definition) is 3. The fourth-order valence-corrected chi connectivity index (χ4v) is 5.34. The van der Waals surface area contributed by atoms with E-state index in [0.717, 1.165) is 12.5 Å². The standard InChI is InChI=1S/C14H28O3Si/c1-13(2,3)8-9-18(6,7)12-11(15)10-16-14(4,5)17-12/h12H,8-10H2,1-7H3/t12-/m0/s1. The molecule has 0 aromatic heterocycles. The Morgan fingerprint density at radius 1 is 1.33 bits per heavy atom. The van der Waals surface area contributed by atoms with Gasteiger partial charge >= 0.3 is 0 Å². The summed E-state index contributed by atoms with van der Waals surface area (Å²) in [7, 11) is -1.72. The molecule has 4 heteroatoms. The molecule has 0 spiro atoms. The second-order valence-electron chi connectivity index (χ2n) is 7.70. The molecule has 1 fully saturated rings. The lowest BCUT2D eigenvalue weighted by atomic mass is 9.94. The third-order valence-electron chi connectivity index (χ3n) is 3.49. The van der Waals surface area contributed by atoms with E-state index in [0.29, 0.717) is 5.41 Å². The predicted molar refractivity (Wildman–Crippen MR) is 76.3 cm³/mol. The van der Waals surface area contributed by atoms with E-state index >= 15 is 0 Å². The maximum Gasteiger partial charge on any atom is 0.183 e. The van der Waals surface area contributed by atoms with Crippen LogP contribution in [0.5, 0.6) is 0 Å². The topological polar surface area (TPSA) is 35.5 Å². The summed E-state index contributed by atoms with van der Waals surface area (Å²) in [5.41, 5.74) is 0.0946. The second kappa shape index (κ2) is 5.06. The molecule has 0 bridgehead atoms. The first-order valence-corrected chi connectivity index (χ1v) is 10.1. The third kappa shape index (κ3) is 4.48. The highest BCUT2D eigenvalue weighted by Crippen LogP contribution is 2.32. The molecule has 106 valence electrons. The van der Waals surface area contributed by atoms with Crippen LogP contribution in [0.15, 0.2) is 0 Å². The molecule has 1 atom stereocenters. The van der Waals surface area contributed by atoms with Gasteiger partial charge in [-0.1, -0.05) is 46.3 Å². The first-order chi connectivity index (χ1) is 7.93. The number of carbonyl (C=O) groups excluding carboxylic acids is 1. The van der Waals surface area contributed by atoms with Gasteiger partial charge in [-0.3, -0.25) is 4.79 Å². The predicted octanol–water partition coefficient (Wildman–Crippen LogP) is 3.39. The highest BCUT2D eigenvalue weighted by atomic mass is 28.3. The van der Waals surface area contributed by atoms with Crippen LogP contribution in [0.25, 0.3) is 0 Å². The van der Waals surface area contributed by atoms with Gasteiger partial charge in [0.25, 0.3) is 0 Å². The lowest BCUT2D eigenvalue weighted by molar-refractivity contribution is -0.245. The van der Waals surface area contributed by atoms with Crippen molar-refractivity contribution in [1.82, 2.24) is 0 Å². The number of ketones is 1. The van der Waals surface area contributed by atoms with E-state index in [1.807, 2.05) is 13.8 Å². The van der Waals surface area contributed by atoms with E-state index in [-0.39, 0.29) is 18.1 Å². The molecule has 18 heavy (non-hydrogen) atoms. The average molecular weight is 272 g/mol. The number of ether oxygens (including phenoxy) is 2. The van der Waals surface area contributed by atoms with Crippen LogP contribution >= 0.6 is 0 Å². The number of rotatable bonds is 3. The first kappa shape index (κ1) is 15.9. The molecular formula is C14H28O3Si. The van der Waals surface area contributed by atoms with Crippen LogP contribution in [0.2, 0.25) is 19.1 Å². The van der Waals surface area contributed by atoms with E-state index in [1.54, 1.807) is 0 Å². The highest BCUT2D eigenvalue weighted by molar-refractivity contribution is 6.81. The Bertz CT molecular complexity index is 315. The highest BCUT2D eigenvalue weighted by Gasteiger charge is 2.45. The Labute approximate surface area is 112 Å². The quantitative estimate of drug-likeness (QED) is 0.739. The van der Waals surface area contributed by atoms with Gasteiger partial charge < -0.3 is 9.47 Å². The number of hydrogen-bond donors (Lipinski definition) is 0. The summed E-state index contributed by atoms with van der Waals surface area (Å²) in [4.78, 5) is 12.0. The van der Waals surface area contributed by atoms with Crippen LogP contribution in [0.3, 0.4) is 0 Å². The maximum atomic E-state index is 12.0. The summed E-state index contributed by atoms with van der Waals surface area (Å²) in [6, 6.07) is 1.11. The van der Waals surface area contributed by atoms with Gasteiger partial charge in [0.2, 0.25) is 0 Å². The Kier molecular flexibility index (Phi) is 4.46. The van der Waals surface area contributed by atoms with Gasteiger partial charge in [-0.15, -0.1) is 0 Å². The molecule has 0 N–H and O–H groups in total. The minimum atomic E-state index is -1.72. The fraction of sp³-hybridized carbons (Fsp3) is 0.929. The smallest absolute Gasteiger partial charge is 0.183 e. The van der Waals surface area contributed by atoms with Crippen molar-refractivity contribution in [3.8, 4) is 0 Å². The summed E-state index contributed by atoms with van der Waals surface area (Å²) in [5.74, 6) is -0.496. The monoisotopic (exact) mass is 272 g/mol. The van der Waals surface area contributed by atoms with Crippen LogP contribution in [-0.4, -0.2) is 32.0 Å². The molecule has 0 aromatic carbocycles. The zero-order valence-electron chi connectivity index (χ0n) is 12.9. The largest absolute Gasteiger partial charge is 0.343 e. The molecule has 0 radical (unpaired) electrons. The number of carbonyl (C=O) groups is 1. The summed E-state index contributed by atoms with van der Waals surface area (Å²) in [6.07, 6.45) is 1.14. The van der Waals surface area contributed by atoms with E-state index in [1.165, 1.54) is 0 Å². The average Bonchev–Trinajstić information content (AvgIpc) is 2.18. The van der Waals surface area contributed by atoms with Crippen molar-refractivity contribution in [2.24, 2.45) is 5.41 Å². The van der Waals surface area contributed by atoms with Gasteiger partial charge in [-0.25, -0.2) is 0 Å². The molecule has 0 saturated carbocycles. The molecule has 1 aliphatic rings. The maximum absolute atomic E-state index is 12.0. The molecule has 1 heterocycles. The van der Waals surface area contributed by atoms with Crippen LogP contribution in [0, 0.1) is 5.41 Å². The van der Waals surface area contributed by atoms with Gasteiger partial charge in [0.15, 0.2) is 11.6 Å². The van der Waals surface area contributed by atoms with Crippen LogP contribution in [-0.2, 0) is 14.3 Å². The van der Waals surface area contributed by atoms with Crippen molar-refractivity contribution in [2.45, 2.75) is 71.7 Å².